The molecule has 0 aliphatic carbocycles. The number of anilines is 1. The molecule has 2 amide bonds. The summed E-state index contributed by atoms with van der Waals surface area (Å²) in [6.07, 6.45) is 4.16. The lowest BCUT2D eigenvalue weighted by Gasteiger charge is -2.14. The number of nitrogens with zero attached hydrogens (tertiary/aromatic N) is 1. The van der Waals surface area contributed by atoms with Gasteiger partial charge in [0.1, 0.15) is 0 Å². The molecule has 112 valence electrons. The van der Waals surface area contributed by atoms with Gasteiger partial charge in [-0.2, -0.15) is 0 Å². The van der Waals surface area contributed by atoms with Crippen LogP contribution in [-0.4, -0.2) is 17.6 Å². The number of imide groups is 1. The number of benzene rings is 2. The molecule has 1 aliphatic rings. The van der Waals surface area contributed by atoms with E-state index in [1.54, 1.807) is 42.5 Å². The van der Waals surface area contributed by atoms with Crippen molar-refractivity contribution in [3.8, 4) is 0 Å². The van der Waals surface area contributed by atoms with Gasteiger partial charge in [-0.15, -0.1) is 0 Å². The van der Waals surface area contributed by atoms with Crippen molar-refractivity contribution in [2.24, 2.45) is 0 Å². The Balaban J connectivity index is 1.84. The molecule has 2 aromatic rings. The molecule has 0 atom stereocenters. The van der Waals surface area contributed by atoms with Crippen molar-refractivity contribution in [2.75, 3.05) is 4.90 Å². The van der Waals surface area contributed by atoms with Crippen LogP contribution in [0.2, 0.25) is 0 Å². The maximum atomic E-state index is 12.4. The van der Waals surface area contributed by atoms with E-state index in [2.05, 4.69) is 6.58 Å². The van der Waals surface area contributed by atoms with Gasteiger partial charge in [0.15, 0.2) is 5.78 Å². The highest BCUT2D eigenvalue weighted by Crippen LogP contribution is 2.21. The molecule has 4 heteroatoms. The minimum atomic E-state index is -0.380. The molecule has 0 radical (unpaired) electrons. The first kappa shape index (κ1) is 14.7. The van der Waals surface area contributed by atoms with Crippen LogP contribution < -0.4 is 4.90 Å². The van der Waals surface area contributed by atoms with Crippen LogP contribution in [0.5, 0.6) is 0 Å². The zero-order chi connectivity index (χ0) is 16.4. The second-order valence-corrected chi connectivity index (χ2v) is 5.05. The average Bonchev–Trinajstić information content (AvgIpc) is 2.93. The average molecular weight is 303 g/mol. The SMILES string of the molecule is C=Cc1ccc(C(=O)c2ccc(N3C(=O)C=CC3=O)cc2)cc1. The third kappa shape index (κ3) is 2.74. The Morgan fingerprint density at radius 3 is 1.78 bits per heavy atom. The summed E-state index contributed by atoms with van der Waals surface area (Å²) in [5.41, 5.74) is 2.45. The number of amides is 2. The van der Waals surface area contributed by atoms with Crippen LogP contribution in [0.4, 0.5) is 5.69 Å². The van der Waals surface area contributed by atoms with E-state index in [1.807, 2.05) is 12.1 Å². The number of ketones is 1. The number of hydrogen-bond acceptors (Lipinski definition) is 3. The molecule has 4 nitrogen and oxygen atoms in total. The highest BCUT2D eigenvalue weighted by Gasteiger charge is 2.25. The van der Waals surface area contributed by atoms with Crippen LogP contribution in [-0.2, 0) is 9.59 Å². The van der Waals surface area contributed by atoms with E-state index in [-0.39, 0.29) is 17.6 Å². The lowest BCUT2D eigenvalue weighted by Crippen LogP contribution is -2.29. The Labute approximate surface area is 133 Å². The van der Waals surface area contributed by atoms with E-state index >= 15 is 0 Å². The van der Waals surface area contributed by atoms with Crippen LogP contribution in [0.25, 0.3) is 6.08 Å². The molecule has 23 heavy (non-hydrogen) atoms. The molecular formula is C19H13NO3. The van der Waals surface area contributed by atoms with Crippen LogP contribution in [0, 0.1) is 0 Å². The topological polar surface area (TPSA) is 54.5 Å². The quantitative estimate of drug-likeness (QED) is 0.644. The van der Waals surface area contributed by atoms with Gasteiger partial charge >= 0.3 is 0 Å². The van der Waals surface area contributed by atoms with Crippen molar-refractivity contribution in [3.63, 3.8) is 0 Å². The molecule has 0 saturated carbocycles. The van der Waals surface area contributed by atoms with Crippen molar-refractivity contribution in [3.05, 3.63) is 84.0 Å². The number of rotatable bonds is 4. The van der Waals surface area contributed by atoms with Crippen LogP contribution in [0.15, 0.2) is 67.3 Å². The zero-order valence-corrected chi connectivity index (χ0v) is 12.2. The van der Waals surface area contributed by atoms with Crippen LogP contribution in [0.1, 0.15) is 21.5 Å². The molecule has 0 bridgehead atoms. The summed E-state index contributed by atoms with van der Waals surface area (Å²) in [5, 5.41) is 0. The number of carbonyl (C=O) groups is 3. The highest BCUT2D eigenvalue weighted by molar-refractivity contribution is 6.28. The molecule has 1 heterocycles. The van der Waals surface area contributed by atoms with Crippen molar-refractivity contribution < 1.29 is 14.4 Å². The van der Waals surface area contributed by atoms with E-state index in [0.29, 0.717) is 16.8 Å². The lowest BCUT2D eigenvalue weighted by atomic mass is 10.0. The third-order valence-electron chi connectivity index (χ3n) is 3.61. The summed E-state index contributed by atoms with van der Waals surface area (Å²) in [5.74, 6) is -0.882. The van der Waals surface area contributed by atoms with Crippen molar-refractivity contribution in [2.45, 2.75) is 0 Å². The molecule has 0 fully saturated rings. The molecule has 0 unspecified atom stereocenters. The van der Waals surface area contributed by atoms with Gasteiger partial charge in [0.05, 0.1) is 5.69 Å². The summed E-state index contributed by atoms with van der Waals surface area (Å²) in [6, 6.07) is 13.5. The van der Waals surface area contributed by atoms with Gasteiger partial charge < -0.3 is 0 Å². The molecule has 0 spiro atoms. The van der Waals surface area contributed by atoms with Crippen molar-refractivity contribution in [1.29, 1.82) is 0 Å². The number of hydrogen-bond donors (Lipinski definition) is 0. The second kappa shape index (κ2) is 5.85. The molecule has 0 aromatic heterocycles. The normalized spacial score (nSPS) is 13.5. The predicted molar refractivity (Wildman–Crippen MR) is 88.0 cm³/mol. The Hall–Kier alpha value is -3.27. The summed E-state index contributed by atoms with van der Waals surface area (Å²) >= 11 is 0. The van der Waals surface area contributed by atoms with E-state index in [4.69, 9.17) is 0 Å². The van der Waals surface area contributed by atoms with Gasteiger partial charge in [-0.3, -0.25) is 14.4 Å². The molecule has 3 rings (SSSR count). The molecule has 2 aromatic carbocycles. The van der Waals surface area contributed by atoms with Crippen LogP contribution >= 0.6 is 0 Å². The van der Waals surface area contributed by atoms with Crippen molar-refractivity contribution in [1.82, 2.24) is 0 Å². The van der Waals surface area contributed by atoms with E-state index in [9.17, 15) is 14.4 Å². The van der Waals surface area contributed by atoms with Gasteiger partial charge in [-0.25, -0.2) is 4.90 Å². The van der Waals surface area contributed by atoms with Gasteiger partial charge in [-0.05, 0) is 29.8 Å². The first-order valence-electron chi connectivity index (χ1n) is 7.03. The fraction of sp³-hybridized carbons (Fsp3) is 0. The Morgan fingerprint density at radius 2 is 1.30 bits per heavy atom. The molecule has 0 saturated heterocycles. The largest absolute Gasteiger partial charge is 0.289 e. The minimum absolute atomic E-state index is 0.121. The fourth-order valence-corrected chi connectivity index (χ4v) is 2.35. The van der Waals surface area contributed by atoms with E-state index in [0.717, 1.165) is 10.5 Å². The Morgan fingerprint density at radius 1 is 0.826 bits per heavy atom. The summed E-state index contributed by atoms with van der Waals surface area (Å²) in [4.78, 5) is 36.7. The fourth-order valence-electron chi connectivity index (χ4n) is 2.35. The van der Waals surface area contributed by atoms with Crippen LogP contribution in [0.3, 0.4) is 0 Å². The predicted octanol–water partition coefficient (Wildman–Crippen LogP) is 2.99. The first-order chi connectivity index (χ1) is 11.1. The smallest absolute Gasteiger partial charge is 0.258 e. The first-order valence-corrected chi connectivity index (χ1v) is 7.03. The van der Waals surface area contributed by atoms with Gasteiger partial charge in [0.25, 0.3) is 11.8 Å². The Bertz CT molecular complexity index is 812. The minimum Gasteiger partial charge on any atom is -0.289 e. The second-order valence-electron chi connectivity index (χ2n) is 5.05. The maximum Gasteiger partial charge on any atom is 0.258 e. The lowest BCUT2D eigenvalue weighted by molar-refractivity contribution is -0.119. The zero-order valence-electron chi connectivity index (χ0n) is 12.2. The summed E-state index contributed by atoms with van der Waals surface area (Å²) in [6.45, 7) is 3.67. The Kier molecular flexibility index (Phi) is 3.73. The van der Waals surface area contributed by atoms with E-state index in [1.165, 1.54) is 12.2 Å². The van der Waals surface area contributed by atoms with Gasteiger partial charge in [0.2, 0.25) is 0 Å². The maximum absolute atomic E-state index is 12.4. The molecule has 1 aliphatic heterocycles. The van der Waals surface area contributed by atoms with Gasteiger partial charge in [-0.1, -0.05) is 36.9 Å². The standard InChI is InChI=1S/C19H13NO3/c1-2-13-3-5-14(6-4-13)19(23)15-7-9-16(10-8-15)20-17(21)11-12-18(20)22/h2-12H,1H2. The number of carbonyl (C=O) groups excluding carboxylic acids is 3. The highest BCUT2D eigenvalue weighted by atomic mass is 16.2. The van der Waals surface area contributed by atoms with E-state index < -0.39 is 0 Å². The van der Waals surface area contributed by atoms with Crippen molar-refractivity contribution >= 4 is 29.4 Å². The molecular weight excluding hydrogens is 290 g/mol. The third-order valence-corrected chi connectivity index (χ3v) is 3.61. The monoisotopic (exact) mass is 303 g/mol. The van der Waals surface area contributed by atoms with Gasteiger partial charge in [0, 0.05) is 23.3 Å². The molecule has 0 N–H and O–H groups in total. The summed E-state index contributed by atoms with van der Waals surface area (Å²) in [7, 11) is 0. The summed E-state index contributed by atoms with van der Waals surface area (Å²) < 4.78 is 0.